The Bertz CT molecular complexity index is 704. The van der Waals surface area contributed by atoms with E-state index in [9.17, 15) is 14.9 Å². The van der Waals surface area contributed by atoms with Crippen LogP contribution in [0.5, 0.6) is 5.75 Å². The summed E-state index contributed by atoms with van der Waals surface area (Å²) in [5.41, 5.74) is 0.534. The van der Waals surface area contributed by atoms with Crippen molar-refractivity contribution in [3.05, 3.63) is 35.4 Å². The van der Waals surface area contributed by atoms with Crippen molar-refractivity contribution >= 4 is 18.0 Å². The highest BCUT2D eigenvalue weighted by Gasteiger charge is 2.22. The molecule has 6 heteroatoms. The molecule has 0 bridgehead atoms. The number of carbonyl (C=O) groups excluding carboxylic acids is 2. The zero-order chi connectivity index (χ0) is 18.9. The van der Waals surface area contributed by atoms with Crippen LogP contribution in [0.15, 0.2) is 29.8 Å². The Balaban J connectivity index is 1.93. The zero-order valence-electron chi connectivity index (χ0n) is 15.2. The highest BCUT2D eigenvalue weighted by Crippen LogP contribution is 2.16. The van der Waals surface area contributed by atoms with Crippen molar-refractivity contribution in [1.29, 1.82) is 5.26 Å². The lowest BCUT2D eigenvalue weighted by atomic mass is 10.0. The Morgan fingerprint density at radius 2 is 2.08 bits per heavy atom. The van der Waals surface area contributed by atoms with Crippen LogP contribution in [-0.2, 0) is 14.3 Å². The van der Waals surface area contributed by atoms with Gasteiger partial charge in [0, 0.05) is 13.1 Å². The highest BCUT2D eigenvalue weighted by molar-refractivity contribution is 5.98. The SMILES string of the molecule is CCOc1ccc(/C=C(\C#N)C(=O)OCC(=O)N2CCC[C@@H](C)C2)cc1. The first-order valence-electron chi connectivity index (χ1n) is 8.83. The molecule has 0 unspecified atom stereocenters. The number of nitriles is 1. The molecule has 0 aliphatic carbocycles. The van der Waals surface area contributed by atoms with E-state index >= 15 is 0 Å². The van der Waals surface area contributed by atoms with Crippen LogP contribution >= 0.6 is 0 Å². The minimum Gasteiger partial charge on any atom is -0.494 e. The third kappa shape index (κ3) is 5.62. The van der Waals surface area contributed by atoms with E-state index in [1.807, 2.05) is 13.0 Å². The summed E-state index contributed by atoms with van der Waals surface area (Å²) in [6, 6.07) is 8.84. The number of amides is 1. The molecular formula is C20H24N2O4. The molecule has 0 aromatic heterocycles. The Kier molecular flexibility index (Phi) is 7.22. The van der Waals surface area contributed by atoms with E-state index in [2.05, 4.69) is 6.92 Å². The zero-order valence-corrected chi connectivity index (χ0v) is 15.2. The van der Waals surface area contributed by atoms with Crippen LogP contribution in [0.3, 0.4) is 0 Å². The summed E-state index contributed by atoms with van der Waals surface area (Å²) < 4.78 is 10.4. The number of piperidine rings is 1. The largest absolute Gasteiger partial charge is 0.494 e. The van der Waals surface area contributed by atoms with Gasteiger partial charge in [-0.05, 0) is 49.5 Å². The fraction of sp³-hybridized carbons (Fsp3) is 0.450. The Morgan fingerprint density at radius 1 is 1.35 bits per heavy atom. The first-order valence-corrected chi connectivity index (χ1v) is 8.83. The number of likely N-dealkylation sites (tertiary alicyclic amines) is 1. The molecule has 1 saturated heterocycles. The predicted molar refractivity (Wildman–Crippen MR) is 97.1 cm³/mol. The van der Waals surface area contributed by atoms with Gasteiger partial charge < -0.3 is 14.4 Å². The van der Waals surface area contributed by atoms with E-state index in [-0.39, 0.29) is 18.1 Å². The number of esters is 1. The molecule has 1 heterocycles. The Morgan fingerprint density at radius 3 is 2.69 bits per heavy atom. The van der Waals surface area contributed by atoms with Crippen molar-refractivity contribution < 1.29 is 19.1 Å². The van der Waals surface area contributed by atoms with Crippen molar-refractivity contribution in [2.24, 2.45) is 5.92 Å². The number of carbonyl (C=O) groups is 2. The van der Waals surface area contributed by atoms with E-state index in [1.165, 1.54) is 6.08 Å². The Labute approximate surface area is 154 Å². The molecule has 1 aliphatic heterocycles. The second-order valence-corrected chi connectivity index (χ2v) is 6.34. The highest BCUT2D eigenvalue weighted by atomic mass is 16.5. The molecule has 138 valence electrons. The molecule has 1 amide bonds. The maximum Gasteiger partial charge on any atom is 0.349 e. The Hall–Kier alpha value is -2.81. The topological polar surface area (TPSA) is 79.6 Å². The molecule has 26 heavy (non-hydrogen) atoms. The van der Waals surface area contributed by atoms with Crippen molar-refractivity contribution in [1.82, 2.24) is 4.90 Å². The summed E-state index contributed by atoms with van der Waals surface area (Å²) in [7, 11) is 0. The molecule has 1 atom stereocenters. The average Bonchev–Trinajstić information content (AvgIpc) is 2.65. The fourth-order valence-electron chi connectivity index (χ4n) is 2.84. The van der Waals surface area contributed by atoms with Gasteiger partial charge in [0.05, 0.1) is 6.61 Å². The van der Waals surface area contributed by atoms with E-state index < -0.39 is 5.97 Å². The number of hydrogen-bond donors (Lipinski definition) is 0. The molecule has 0 saturated carbocycles. The maximum absolute atomic E-state index is 12.1. The minimum absolute atomic E-state index is 0.144. The van der Waals surface area contributed by atoms with E-state index in [0.717, 1.165) is 12.8 Å². The smallest absolute Gasteiger partial charge is 0.349 e. The average molecular weight is 356 g/mol. The van der Waals surface area contributed by atoms with Gasteiger partial charge in [-0.15, -0.1) is 0 Å². The van der Waals surface area contributed by atoms with Crippen LogP contribution in [0, 0.1) is 17.2 Å². The fourth-order valence-corrected chi connectivity index (χ4v) is 2.84. The van der Waals surface area contributed by atoms with Crippen molar-refractivity contribution in [3.8, 4) is 11.8 Å². The van der Waals surface area contributed by atoms with E-state index in [4.69, 9.17) is 9.47 Å². The number of nitrogens with zero attached hydrogens (tertiary/aromatic N) is 2. The van der Waals surface area contributed by atoms with Crippen LogP contribution in [-0.4, -0.2) is 43.1 Å². The van der Waals surface area contributed by atoms with Crippen LogP contribution < -0.4 is 4.74 Å². The van der Waals surface area contributed by atoms with Crippen LogP contribution in [0.4, 0.5) is 0 Å². The van der Waals surface area contributed by atoms with Gasteiger partial charge in [0.25, 0.3) is 5.91 Å². The van der Waals surface area contributed by atoms with Crippen LogP contribution in [0.2, 0.25) is 0 Å². The molecule has 0 radical (unpaired) electrons. The second kappa shape index (κ2) is 9.62. The molecule has 1 fully saturated rings. The number of hydrogen-bond acceptors (Lipinski definition) is 5. The van der Waals surface area contributed by atoms with Gasteiger partial charge in [-0.25, -0.2) is 4.79 Å². The summed E-state index contributed by atoms with van der Waals surface area (Å²) in [6.45, 7) is 5.59. The number of rotatable bonds is 6. The van der Waals surface area contributed by atoms with Crippen LogP contribution in [0.25, 0.3) is 6.08 Å². The standard InChI is InChI=1S/C20H24N2O4/c1-3-25-18-8-6-16(7-9-18)11-17(12-21)20(24)26-14-19(23)22-10-4-5-15(2)13-22/h6-9,11,15H,3-5,10,13-14H2,1-2H3/b17-11+/t15-/m1/s1. The first-order chi connectivity index (χ1) is 12.5. The van der Waals surface area contributed by atoms with Crippen molar-refractivity contribution in [2.45, 2.75) is 26.7 Å². The molecule has 1 aromatic carbocycles. The number of benzene rings is 1. The summed E-state index contributed by atoms with van der Waals surface area (Å²) in [4.78, 5) is 26.0. The quantitative estimate of drug-likeness (QED) is 0.445. The molecule has 6 nitrogen and oxygen atoms in total. The van der Waals surface area contributed by atoms with E-state index in [0.29, 0.717) is 36.9 Å². The van der Waals surface area contributed by atoms with E-state index in [1.54, 1.807) is 29.2 Å². The maximum atomic E-state index is 12.1. The van der Waals surface area contributed by atoms with Gasteiger partial charge in [-0.3, -0.25) is 4.79 Å². The molecule has 1 aromatic rings. The van der Waals surface area contributed by atoms with Gasteiger partial charge in [0.1, 0.15) is 17.4 Å². The molecular weight excluding hydrogens is 332 g/mol. The third-order valence-electron chi connectivity index (χ3n) is 4.18. The normalized spacial score (nSPS) is 17.3. The van der Waals surface area contributed by atoms with Gasteiger partial charge in [0.15, 0.2) is 6.61 Å². The first kappa shape index (κ1) is 19.5. The predicted octanol–water partition coefficient (Wildman–Crippen LogP) is 2.79. The second-order valence-electron chi connectivity index (χ2n) is 6.34. The number of ether oxygens (including phenoxy) is 2. The van der Waals surface area contributed by atoms with Crippen LogP contribution in [0.1, 0.15) is 32.3 Å². The van der Waals surface area contributed by atoms with Gasteiger partial charge in [-0.2, -0.15) is 5.26 Å². The monoisotopic (exact) mass is 356 g/mol. The third-order valence-corrected chi connectivity index (χ3v) is 4.18. The summed E-state index contributed by atoms with van der Waals surface area (Å²) >= 11 is 0. The molecule has 0 N–H and O–H groups in total. The summed E-state index contributed by atoms with van der Waals surface area (Å²) in [5, 5.41) is 9.21. The molecule has 0 spiro atoms. The molecule has 1 aliphatic rings. The lowest BCUT2D eigenvalue weighted by Gasteiger charge is -2.30. The van der Waals surface area contributed by atoms with Crippen molar-refractivity contribution in [2.75, 3.05) is 26.3 Å². The van der Waals surface area contributed by atoms with Crippen molar-refractivity contribution in [3.63, 3.8) is 0 Å². The lowest BCUT2D eigenvalue weighted by Crippen LogP contribution is -2.41. The molecule has 2 rings (SSSR count). The van der Waals surface area contributed by atoms with Gasteiger partial charge >= 0.3 is 5.97 Å². The van der Waals surface area contributed by atoms with Gasteiger partial charge in [-0.1, -0.05) is 19.1 Å². The summed E-state index contributed by atoms with van der Waals surface area (Å²) in [6.07, 6.45) is 3.50. The van der Waals surface area contributed by atoms with Gasteiger partial charge in [0.2, 0.25) is 0 Å². The lowest BCUT2D eigenvalue weighted by molar-refractivity contribution is -0.149. The minimum atomic E-state index is -0.792. The summed E-state index contributed by atoms with van der Waals surface area (Å²) in [5.74, 6) is 0.160.